The average Bonchev–Trinajstić information content (AvgIpc) is 3.15. The Morgan fingerprint density at radius 2 is 1.68 bits per heavy atom. The molecule has 4 amide bonds. The highest BCUT2D eigenvalue weighted by molar-refractivity contribution is 6.01. The highest BCUT2D eigenvalue weighted by atomic mass is 16.5. The summed E-state index contributed by atoms with van der Waals surface area (Å²) in [4.78, 5) is 57.5. The van der Waals surface area contributed by atoms with Crippen LogP contribution in [0.25, 0.3) is 0 Å². The van der Waals surface area contributed by atoms with E-state index >= 15 is 0 Å². The Hall–Kier alpha value is -3.92. The van der Waals surface area contributed by atoms with Crippen molar-refractivity contribution in [3.05, 3.63) is 65.7 Å². The van der Waals surface area contributed by atoms with Crippen LogP contribution in [0.15, 0.2) is 54.6 Å². The quantitative estimate of drug-likeness (QED) is 0.532. The number of carbonyl (C=O) groups excluding carboxylic acids is 4. The summed E-state index contributed by atoms with van der Waals surface area (Å²) in [7, 11) is 2.00. The number of fused-ring (bicyclic) bond motifs is 1. The van der Waals surface area contributed by atoms with Crippen molar-refractivity contribution in [1.82, 2.24) is 25.8 Å². The molecule has 2 atom stereocenters. The van der Waals surface area contributed by atoms with Crippen molar-refractivity contribution in [1.29, 1.82) is 0 Å². The van der Waals surface area contributed by atoms with E-state index in [2.05, 4.69) is 20.9 Å². The zero-order valence-corrected chi connectivity index (χ0v) is 23.4. The van der Waals surface area contributed by atoms with Crippen LogP contribution in [0, 0.1) is 0 Å². The van der Waals surface area contributed by atoms with Crippen molar-refractivity contribution in [2.75, 3.05) is 39.8 Å². The van der Waals surface area contributed by atoms with Crippen LogP contribution in [-0.4, -0.2) is 90.9 Å². The summed E-state index contributed by atoms with van der Waals surface area (Å²) in [5.41, 5.74) is -0.0123. The van der Waals surface area contributed by atoms with Gasteiger partial charge in [-0.15, -0.1) is 0 Å². The van der Waals surface area contributed by atoms with E-state index in [0.717, 1.165) is 18.5 Å². The molecule has 0 aromatic heterocycles. The van der Waals surface area contributed by atoms with E-state index in [1.807, 2.05) is 37.4 Å². The molecule has 3 N–H and O–H groups in total. The Morgan fingerprint density at radius 1 is 0.950 bits per heavy atom. The van der Waals surface area contributed by atoms with Crippen molar-refractivity contribution in [3.63, 3.8) is 0 Å². The number of nitrogens with zero attached hydrogens (tertiary/aromatic N) is 2. The molecule has 2 aliphatic heterocycles. The lowest BCUT2D eigenvalue weighted by atomic mass is 10.0. The van der Waals surface area contributed by atoms with Gasteiger partial charge in [0.05, 0.1) is 18.0 Å². The maximum absolute atomic E-state index is 13.6. The monoisotopic (exact) mass is 549 g/mol. The molecule has 0 radical (unpaired) electrons. The number of amides is 4. The van der Waals surface area contributed by atoms with Gasteiger partial charge in [0, 0.05) is 19.6 Å². The summed E-state index contributed by atoms with van der Waals surface area (Å²) in [5.74, 6) is -1.39. The number of para-hydroxylation sites is 1. The van der Waals surface area contributed by atoms with E-state index in [4.69, 9.17) is 4.74 Å². The van der Waals surface area contributed by atoms with Crippen LogP contribution in [0.3, 0.4) is 0 Å². The molecule has 0 bridgehead atoms. The first-order valence-corrected chi connectivity index (χ1v) is 13.8. The third-order valence-electron chi connectivity index (χ3n) is 7.28. The van der Waals surface area contributed by atoms with Gasteiger partial charge in [0.1, 0.15) is 23.9 Å². The topological polar surface area (TPSA) is 120 Å². The molecule has 2 aliphatic rings. The third kappa shape index (κ3) is 7.59. The molecule has 2 aromatic carbocycles. The number of hydrogen-bond acceptors (Lipinski definition) is 6. The van der Waals surface area contributed by atoms with Crippen LogP contribution in [0.5, 0.6) is 5.75 Å². The van der Waals surface area contributed by atoms with Gasteiger partial charge < -0.3 is 30.5 Å². The Kier molecular flexibility index (Phi) is 9.42. The SMILES string of the molecule is CN1CCCN(C(=O)[C@@H]2CC(=O)NC(C)(C)C(=O)N[C@H](Cc3ccccc3)COc3ccccc3C(=O)N2)CC1. The fraction of sp³-hybridized carbons (Fsp3) is 0.467. The summed E-state index contributed by atoms with van der Waals surface area (Å²) >= 11 is 0. The van der Waals surface area contributed by atoms with Gasteiger partial charge in [0.25, 0.3) is 5.91 Å². The average molecular weight is 550 g/mol. The summed E-state index contributed by atoms with van der Waals surface area (Å²) in [6.07, 6.45) is 0.986. The molecule has 2 heterocycles. The van der Waals surface area contributed by atoms with Crippen molar-refractivity contribution in [2.24, 2.45) is 0 Å². The second kappa shape index (κ2) is 13.0. The van der Waals surface area contributed by atoms with E-state index in [1.165, 1.54) is 0 Å². The van der Waals surface area contributed by atoms with Gasteiger partial charge in [-0.25, -0.2) is 0 Å². The zero-order chi connectivity index (χ0) is 28.7. The van der Waals surface area contributed by atoms with Gasteiger partial charge in [-0.05, 0) is 58.0 Å². The molecule has 1 fully saturated rings. The lowest BCUT2D eigenvalue weighted by Gasteiger charge is -2.31. The van der Waals surface area contributed by atoms with Gasteiger partial charge >= 0.3 is 0 Å². The van der Waals surface area contributed by atoms with Gasteiger partial charge in [-0.2, -0.15) is 0 Å². The van der Waals surface area contributed by atoms with E-state index < -0.39 is 29.4 Å². The van der Waals surface area contributed by atoms with E-state index in [9.17, 15) is 19.2 Å². The second-order valence-electron chi connectivity index (χ2n) is 11.1. The molecule has 4 rings (SSSR count). The lowest BCUT2D eigenvalue weighted by Crippen LogP contribution is -2.59. The number of carbonyl (C=O) groups is 4. The van der Waals surface area contributed by atoms with Crippen molar-refractivity contribution < 1.29 is 23.9 Å². The number of likely N-dealkylation sites (N-methyl/N-ethyl adjacent to an activating group) is 1. The molecule has 10 nitrogen and oxygen atoms in total. The summed E-state index contributed by atoms with van der Waals surface area (Å²) in [5, 5.41) is 8.56. The zero-order valence-electron chi connectivity index (χ0n) is 23.4. The summed E-state index contributed by atoms with van der Waals surface area (Å²) in [6.45, 7) is 5.92. The number of nitrogens with one attached hydrogen (secondary N) is 3. The van der Waals surface area contributed by atoms with Gasteiger partial charge in [0.2, 0.25) is 17.7 Å². The first-order chi connectivity index (χ1) is 19.1. The highest BCUT2D eigenvalue weighted by Crippen LogP contribution is 2.20. The normalized spacial score (nSPS) is 22.9. The Labute approximate surface area is 235 Å². The van der Waals surface area contributed by atoms with Crippen LogP contribution >= 0.6 is 0 Å². The smallest absolute Gasteiger partial charge is 0.255 e. The predicted molar refractivity (Wildman–Crippen MR) is 151 cm³/mol. The van der Waals surface area contributed by atoms with Gasteiger partial charge in [0.15, 0.2) is 0 Å². The Morgan fingerprint density at radius 3 is 2.45 bits per heavy atom. The van der Waals surface area contributed by atoms with E-state index in [-0.39, 0.29) is 30.4 Å². The summed E-state index contributed by atoms with van der Waals surface area (Å²) < 4.78 is 6.10. The minimum absolute atomic E-state index is 0.0958. The van der Waals surface area contributed by atoms with Crippen molar-refractivity contribution in [3.8, 4) is 5.75 Å². The maximum Gasteiger partial charge on any atom is 0.255 e. The van der Waals surface area contributed by atoms with Crippen LogP contribution in [0.1, 0.15) is 42.6 Å². The third-order valence-corrected chi connectivity index (χ3v) is 7.28. The second-order valence-corrected chi connectivity index (χ2v) is 11.1. The maximum atomic E-state index is 13.6. The fourth-order valence-electron chi connectivity index (χ4n) is 4.95. The molecule has 214 valence electrons. The number of ether oxygens (including phenoxy) is 1. The molecular weight excluding hydrogens is 510 g/mol. The van der Waals surface area contributed by atoms with Gasteiger partial charge in [-0.1, -0.05) is 42.5 Å². The number of hydrogen-bond donors (Lipinski definition) is 3. The highest BCUT2D eigenvalue weighted by Gasteiger charge is 2.35. The molecule has 0 aliphatic carbocycles. The minimum atomic E-state index is -1.27. The van der Waals surface area contributed by atoms with Crippen LogP contribution in [0.4, 0.5) is 0 Å². The molecule has 0 unspecified atom stereocenters. The molecular formula is C30H39N5O5. The number of benzene rings is 2. The van der Waals surface area contributed by atoms with Crippen molar-refractivity contribution in [2.45, 2.75) is 50.7 Å². The Balaban J connectivity index is 1.63. The molecule has 0 spiro atoms. The molecule has 2 aromatic rings. The molecule has 1 saturated heterocycles. The summed E-state index contributed by atoms with van der Waals surface area (Å²) in [6, 6.07) is 14.9. The first kappa shape index (κ1) is 29.1. The number of rotatable bonds is 3. The van der Waals surface area contributed by atoms with E-state index in [0.29, 0.717) is 31.8 Å². The minimum Gasteiger partial charge on any atom is -0.491 e. The van der Waals surface area contributed by atoms with E-state index in [1.54, 1.807) is 43.0 Å². The largest absolute Gasteiger partial charge is 0.491 e. The Bertz CT molecular complexity index is 1220. The molecule has 40 heavy (non-hydrogen) atoms. The van der Waals surface area contributed by atoms with Gasteiger partial charge in [-0.3, -0.25) is 19.2 Å². The first-order valence-electron chi connectivity index (χ1n) is 13.8. The molecule has 0 saturated carbocycles. The predicted octanol–water partition coefficient (Wildman–Crippen LogP) is 1.35. The van der Waals surface area contributed by atoms with Crippen molar-refractivity contribution >= 4 is 23.6 Å². The van der Waals surface area contributed by atoms with Crippen LogP contribution in [0.2, 0.25) is 0 Å². The van der Waals surface area contributed by atoms with Crippen LogP contribution < -0.4 is 20.7 Å². The van der Waals surface area contributed by atoms with Crippen LogP contribution in [-0.2, 0) is 20.8 Å². The fourth-order valence-corrected chi connectivity index (χ4v) is 4.95. The lowest BCUT2D eigenvalue weighted by molar-refractivity contribution is -0.137. The standard InChI is InChI=1S/C30H39N5O5/c1-30(2)29(39)31-22(18-21-10-5-4-6-11-21)20-40-25-13-8-7-12-23(25)27(37)32-24(19-26(36)33-30)28(38)35-15-9-14-34(3)16-17-35/h4-8,10-13,22,24H,9,14-20H2,1-3H3,(H,31,39)(H,32,37)(H,33,36)/t22-,24+/m1/s1. The molecule has 10 heteroatoms.